The standard InChI is InChI=1S/C24H29NO4.C23H25N.2ClH/c1-5-26-21-10-9-17(14-22(21)27-6-2)13-20-19-16-24(29-8-4)23(28-7-3)15-18(19)11-12-25-20;1-19(20-11-5-2-6-12-20)24-18-17-23(21-13-7-3-8-14-21)22-15-9-4-10-16-22;;/h9-12,14-16H,5-8,13H2,1-4H3;2-16,19,23-24H,17-18H2,1H3;2*1H. The quantitative estimate of drug-likeness (QED) is 0.0994. The molecule has 1 unspecified atom stereocenters. The van der Waals surface area contributed by atoms with Crippen LogP contribution in [0.1, 0.15) is 80.9 Å². The van der Waals surface area contributed by atoms with Crippen molar-refractivity contribution in [3.05, 3.63) is 162 Å². The van der Waals surface area contributed by atoms with Gasteiger partial charge in [-0.25, -0.2) is 0 Å². The maximum atomic E-state index is 5.81. The van der Waals surface area contributed by atoms with E-state index in [-0.39, 0.29) is 24.8 Å². The van der Waals surface area contributed by atoms with Crippen molar-refractivity contribution in [3.8, 4) is 23.0 Å². The summed E-state index contributed by atoms with van der Waals surface area (Å²) in [4.78, 5) is 4.65. The number of benzene rings is 5. The van der Waals surface area contributed by atoms with E-state index in [9.17, 15) is 0 Å². The molecule has 6 aromatic rings. The van der Waals surface area contributed by atoms with Gasteiger partial charge < -0.3 is 24.3 Å². The molecule has 0 spiro atoms. The number of nitrogens with zero attached hydrogens (tertiary/aromatic N) is 1. The second-order valence-corrected chi connectivity index (χ2v) is 12.7. The molecule has 55 heavy (non-hydrogen) atoms. The number of aromatic nitrogens is 1. The van der Waals surface area contributed by atoms with Gasteiger partial charge in [0.2, 0.25) is 0 Å². The lowest BCUT2D eigenvalue weighted by atomic mass is 9.88. The zero-order valence-corrected chi connectivity index (χ0v) is 34.3. The van der Waals surface area contributed by atoms with Crippen LogP contribution in [-0.4, -0.2) is 38.0 Å². The molecular weight excluding hydrogens is 727 g/mol. The minimum absolute atomic E-state index is 0. The first-order valence-electron chi connectivity index (χ1n) is 19.0. The topological polar surface area (TPSA) is 61.8 Å². The number of hydrogen-bond acceptors (Lipinski definition) is 6. The molecule has 0 aliphatic heterocycles. The van der Waals surface area contributed by atoms with Crippen molar-refractivity contribution in [1.29, 1.82) is 0 Å². The van der Waals surface area contributed by atoms with Crippen LogP contribution in [0.25, 0.3) is 10.8 Å². The van der Waals surface area contributed by atoms with Crippen LogP contribution in [-0.2, 0) is 6.42 Å². The average Bonchev–Trinajstić information content (AvgIpc) is 3.19. The number of hydrogen-bond donors (Lipinski definition) is 1. The predicted molar refractivity (Wildman–Crippen MR) is 232 cm³/mol. The van der Waals surface area contributed by atoms with Crippen LogP contribution in [0.3, 0.4) is 0 Å². The summed E-state index contributed by atoms with van der Waals surface area (Å²) in [5.74, 6) is 3.48. The number of pyridine rings is 1. The molecule has 0 saturated carbocycles. The predicted octanol–water partition coefficient (Wildman–Crippen LogP) is 11.8. The number of ether oxygens (including phenoxy) is 4. The Hall–Kier alpha value is -4.75. The molecule has 5 aromatic carbocycles. The Bertz CT molecular complexity index is 1920. The van der Waals surface area contributed by atoms with E-state index in [1.165, 1.54) is 16.7 Å². The van der Waals surface area contributed by atoms with Crippen LogP contribution in [0.5, 0.6) is 23.0 Å². The fraction of sp³-hybridized carbons (Fsp3) is 0.298. The van der Waals surface area contributed by atoms with E-state index in [1.807, 2.05) is 64.2 Å². The van der Waals surface area contributed by atoms with Crippen LogP contribution in [0.2, 0.25) is 0 Å². The maximum Gasteiger partial charge on any atom is 0.161 e. The van der Waals surface area contributed by atoms with Gasteiger partial charge in [-0.2, -0.15) is 0 Å². The van der Waals surface area contributed by atoms with Crippen molar-refractivity contribution in [3.63, 3.8) is 0 Å². The van der Waals surface area contributed by atoms with Crippen LogP contribution >= 0.6 is 24.8 Å². The highest BCUT2D eigenvalue weighted by Crippen LogP contribution is 2.35. The lowest BCUT2D eigenvalue weighted by Crippen LogP contribution is -2.21. The maximum absolute atomic E-state index is 5.81. The van der Waals surface area contributed by atoms with Crippen molar-refractivity contribution >= 4 is 35.6 Å². The molecule has 0 bridgehead atoms. The summed E-state index contributed by atoms with van der Waals surface area (Å²) >= 11 is 0. The molecule has 0 radical (unpaired) electrons. The number of rotatable bonds is 17. The molecule has 1 heterocycles. The van der Waals surface area contributed by atoms with Gasteiger partial charge in [0.05, 0.1) is 32.1 Å². The van der Waals surface area contributed by atoms with E-state index in [4.69, 9.17) is 18.9 Å². The molecule has 1 N–H and O–H groups in total. The van der Waals surface area contributed by atoms with E-state index < -0.39 is 0 Å². The van der Waals surface area contributed by atoms with Crippen LogP contribution < -0.4 is 24.3 Å². The SMILES string of the molecule is CC(NCCC(c1ccccc1)c1ccccc1)c1ccccc1.CCOc1ccc(Cc2nccc3cc(OCC)c(OCC)cc23)cc1OCC.Cl.Cl. The molecule has 0 saturated heterocycles. The molecule has 0 aliphatic carbocycles. The highest BCUT2D eigenvalue weighted by Gasteiger charge is 2.15. The summed E-state index contributed by atoms with van der Waals surface area (Å²) in [6, 6.07) is 44.8. The smallest absolute Gasteiger partial charge is 0.161 e. The molecule has 0 amide bonds. The van der Waals surface area contributed by atoms with E-state index in [2.05, 4.69) is 114 Å². The zero-order chi connectivity index (χ0) is 37.3. The zero-order valence-electron chi connectivity index (χ0n) is 32.7. The minimum atomic E-state index is 0. The van der Waals surface area contributed by atoms with Crippen molar-refractivity contribution in [2.24, 2.45) is 0 Å². The Balaban J connectivity index is 0.000000289. The lowest BCUT2D eigenvalue weighted by Gasteiger charge is -2.20. The lowest BCUT2D eigenvalue weighted by molar-refractivity contribution is 0.287. The van der Waals surface area contributed by atoms with Crippen molar-refractivity contribution in [1.82, 2.24) is 10.3 Å². The van der Waals surface area contributed by atoms with Gasteiger partial charge in [0.1, 0.15) is 0 Å². The second kappa shape index (κ2) is 23.9. The van der Waals surface area contributed by atoms with E-state index >= 15 is 0 Å². The highest BCUT2D eigenvalue weighted by molar-refractivity contribution is 5.88. The Morgan fingerprint density at radius 1 is 0.545 bits per heavy atom. The Kier molecular flexibility index (Phi) is 19.4. The fourth-order valence-corrected chi connectivity index (χ4v) is 6.52. The number of halogens is 2. The molecule has 8 heteroatoms. The second-order valence-electron chi connectivity index (χ2n) is 12.7. The van der Waals surface area contributed by atoms with Gasteiger partial charge in [0.15, 0.2) is 23.0 Å². The van der Waals surface area contributed by atoms with E-state index in [0.717, 1.165) is 58.0 Å². The van der Waals surface area contributed by atoms with Crippen molar-refractivity contribution in [2.45, 2.75) is 59.4 Å². The first kappa shape index (κ1) is 44.6. The molecule has 1 atom stereocenters. The first-order chi connectivity index (χ1) is 26.0. The molecule has 0 aliphatic rings. The molecule has 292 valence electrons. The third kappa shape index (κ3) is 12.9. The number of nitrogens with one attached hydrogen (secondary N) is 1. The van der Waals surface area contributed by atoms with Gasteiger partial charge in [0, 0.05) is 30.0 Å². The Morgan fingerprint density at radius 3 is 1.58 bits per heavy atom. The third-order valence-electron chi connectivity index (χ3n) is 9.08. The fourth-order valence-electron chi connectivity index (χ4n) is 6.52. The highest BCUT2D eigenvalue weighted by atomic mass is 35.5. The first-order valence-corrected chi connectivity index (χ1v) is 19.0. The van der Waals surface area contributed by atoms with Gasteiger partial charge in [-0.15, -0.1) is 24.8 Å². The number of fused-ring (bicyclic) bond motifs is 1. The minimum Gasteiger partial charge on any atom is -0.490 e. The van der Waals surface area contributed by atoms with Gasteiger partial charge >= 0.3 is 0 Å². The van der Waals surface area contributed by atoms with Crippen molar-refractivity contribution in [2.75, 3.05) is 33.0 Å². The van der Waals surface area contributed by atoms with Crippen LogP contribution in [0, 0.1) is 0 Å². The normalized spacial score (nSPS) is 11.0. The molecular formula is C47H56Cl2N2O4. The Labute approximate surface area is 340 Å². The summed E-state index contributed by atoms with van der Waals surface area (Å²) in [5.41, 5.74) is 6.21. The largest absolute Gasteiger partial charge is 0.490 e. The van der Waals surface area contributed by atoms with Gasteiger partial charge in [-0.05, 0) is 106 Å². The molecule has 1 aromatic heterocycles. The third-order valence-corrected chi connectivity index (χ3v) is 9.08. The monoisotopic (exact) mass is 782 g/mol. The van der Waals surface area contributed by atoms with E-state index in [1.54, 1.807) is 0 Å². The summed E-state index contributed by atoms with van der Waals surface area (Å²) < 4.78 is 23.0. The summed E-state index contributed by atoms with van der Waals surface area (Å²) in [7, 11) is 0. The molecule has 0 fully saturated rings. The summed E-state index contributed by atoms with van der Waals surface area (Å²) in [6.45, 7) is 13.5. The van der Waals surface area contributed by atoms with E-state index in [0.29, 0.717) is 44.8 Å². The van der Waals surface area contributed by atoms with Gasteiger partial charge in [-0.1, -0.05) is 97.1 Å². The van der Waals surface area contributed by atoms with Gasteiger partial charge in [-0.3, -0.25) is 4.98 Å². The van der Waals surface area contributed by atoms with Gasteiger partial charge in [0.25, 0.3) is 0 Å². The van der Waals surface area contributed by atoms with Crippen LogP contribution in [0.4, 0.5) is 0 Å². The van der Waals surface area contributed by atoms with Crippen LogP contribution in [0.15, 0.2) is 134 Å². The molecule has 6 rings (SSSR count). The Morgan fingerprint density at radius 2 is 1.04 bits per heavy atom. The molecule has 6 nitrogen and oxygen atoms in total. The summed E-state index contributed by atoms with van der Waals surface area (Å²) in [5, 5.41) is 5.81. The average molecular weight is 784 g/mol. The van der Waals surface area contributed by atoms with Crippen molar-refractivity contribution < 1.29 is 18.9 Å². The summed E-state index contributed by atoms with van der Waals surface area (Å²) in [6.07, 6.45) is 3.61.